The molecule has 0 heterocycles. The van der Waals surface area contributed by atoms with Gasteiger partial charge in [-0.1, -0.05) is 30.1 Å². The standard InChI is InChI=1S/C11H12Cl2O4S2/c1-2-18-3-4-19(16,17)10-5-7(11(14)15)8(12)6-9(10)13/h5-6H,2-4H2,1H3,(H,14,15). The van der Waals surface area contributed by atoms with E-state index < -0.39 is 15.8 Å². The van der Waals surface area contributed by atoms with Crippen molar-refractivity contribution in [2.45, 2.75) is 11.8 Å². The first-order chi connectivity index (χ1) is 8.79. The van der Waals surface area contributed by atoms with Crippen LogP contribution in [-0.2, 0) is 9.84 Å². The fraction of sp³-hybridized carbons (Fsp3) is 0.364. The lowest BCUT2D eigenvalue weighted by molar-refractivity contribution is 0.0697. The van der Waals surface area contributed by atoms with Crippen LogP contribution in [0.1, 0.15) is 17.3 Å². The SMILES string of the molecule is CCSCCS(=O)(=O)c1cc(C(=O)O)c(Cl)cc1Cl. The van der Waals surface area contributed by atoms with Gasteiger partial charge in [-0.3, -0.25) is 0 Å². The first-order valence-corrected chi connectivity index (χ1v) is 8.88. The van der Waals surface area contributed by atoms with Crippen molar-refractivity contribution in [2.24, 2.45) is 0 Å². The van der Waals surface area contributed by atoms with Gasteiger partial charge in [-0.25, -0.2) is 13.2 Å². The summed E-state index contributed by atoms with van der Waals surface area (Å²) in [5, 5.41) is 8.79. The third-order valence-corrected chi connectivity index (χ3v) is 5.93. The zero-order chi connectivity index (χ0) is 14.6. The number of halogens is 2. The Bertz CT molecular complexity index is 585. The largest absolute Gasteiger partial charge is 0.478 e. The third-order valence-electron chi connectivity index (χ3n) is 2.29. The topological polar surface area (TPSA) is 71.4 Å². The Kier molecular flexibility index (Phi) is 5.98. The molecule has 19 heavy (non-hydrogen) atoms. The normalized spacial score (nSPS) is 11.5. The Morgan fingerprint density at radius 3 is 2.47 bits per heavy atom. The molecular weight excluding hydrogens is 331 g/mol. The molecule has 0 aromatic heterocycles. The molecule has 1 rings (SSSR count). The molecule has 4 nitrogen and oxygen atoms in total. The van der Waals surface area contributed by atoms with E-state index in [9.17, 15) is 13.2 Å². The Labute approximate surface area is 126 Å². The molecular formula is C11H12Cl2O4S2. The number of hydrogen-bond donors (Lipinski definition) is 1. The lowest BCUT2D eigenvalue weighted by Gasteiger charge is -2.08. The van der Waals surface area contributed by atoms with Gasteiger partial charge < -0.3 is 5.11 Å². The number of carbonyl (C=O) groups is 1. The minimum absolute atomic E-state index is 0.0588. The van der Waals surface area contributed by atoms with Gasteiger partial charge in [0.2, 0.25) is 0 Å². The predicted octanol–water partition coefficient (Wildman–Crippen LogP) is 3.22. The molecule has 0 amide bonds. The van der Waals surface area contributed by atoms with Crippen LogP contribution >= 0.6 is 35.0 Å². The highest BCUT2D eigenvalue weighted by Gasteiger charge is 2.22. The zero-order valence-corrected chi connectivity index (χ0v) is 13.2. The van der Waals surface area contributed by atoms with E-state index in [0.29, 0.717) is 5.75 Å². The zero-order valence-electron chi connectivity index (χ0n) is 10.0. The number of thioether (sulfide) groups is 1. The average Bonchev–Trinajstić information content (AvgIpc) is 2.28. The molecule has 1 N–H and O–H groups in total. The number of sulfone groups is 1. The highest BCUT2D eigenvalue weighted by molar-refractivity contribution is 8.00. The Morgan fingerprint density at radius 1 is 1.32 bits per heavy atom. The molecule has 0 radical (unpaired) electrons. The van der Waals surface area contributed by atoms with Gasteiger partial charge in [0.1, 0.15) is 0 Å². The smallest absolute Gasteiger partial charge is 0.337 e. The third kappa shape index (κ3) is 4.27. The molecule has 0 fully saturated rings. The van der Waals surface area contributed by atoms with E-state index in [1.807, 2.05) is 6.92 Å². The summed E-state index contributed by atoms with van der Waals surface area (Å²) in [4.78, 5) is 10.8. The summed E-state index contributed by atoms with van der Waals surface area (Å²) >= 11 is 13.0. The van der Waals surface area contributed by atoms with Crippen molar-refractivity contribution in [3.8, 4) is 0 Å². The number of carboxylic acid groups (broad SMARTS) is 1. The van der Waals surface area contributed by atoms with Gasteiger partial charge in [0.05, 0.1) is 26.3 Å². The average molecular weight is 343 g/mol. The minimum atomic E-state index is -3.61. The maximum Gasteiger partial charge on any atom is 0.337 e. The number of benzene rings is 1. The van der Waals surface area contributed by atoms with Crippen molar-refractivity contribution in [1.82, 2.24) is 0 Å². The maximum atomic E-state index is 12.1. The molecule has 1 aromatic rings. The molecule has 0 saturated carbocycles. The summed E-state index contributed by atoms with van der Waals surface area (Å²) in [6.45, 7) is 1.93. The highest BCUT2D eigenvalue weighted by atomic mass is 35.5. The summed E-state index contributed by atoms with van der Waals surface area (Å²) in [6, 6.07) is 2.16. The van der Waals surface area contributed by atoms with E-state index in [1.165, 1.54) is 11.8 Å². The summed E-state index contributed by atoms with van der Waals surface area (Å²) in [5.74, 6) is -0.142. The molecule has 0 aliphatic carbocycles. The predicted molar refractivity (Wildman–Crippen MR) is 78.5 cm³/mol. The monoisotopic (exact) mass is 342 g/mol. The molecule has 0 unspecified atom stereocenters. The Hall–Kier alpha value is -0.430. The quantitative estimate of drug-likeness (QED) is 0.803. The van der Waals surface area contributed by atoms with Gasteiger partial charge in [0.25, 0.3) is 0 Å². The molecule has 0 atom stereocenters. The van der Waals surface area contributed by atoms with E-state index in [1.54, 1.807) is 0 Å². The first-order valence-electron chi connectivity index (χ1n) is 5.32. The first kappa shape index (κ1) is 16.6. The molecule has 106 valence electrons. The van der Waals surface area contributed by atoms with Gasteiger partial charge in [-0.2, -0.15) is 11.8 Å². The Balaban J connectivity index is 3.19. The van der Waals surface area contributed by atoms with Gasteiger partial charge in [-0.15, -0.1) is 0 Å². The van der Waals surface area contributed by atoms with Crippen LogP contribution in [0.3, 0.4) is 0 Å². The van der Waals surface area contributed by atoms with Gasteiger partial charge >= 0.3 is 5.97 Å². The minimum Gasteiger partial charge on any atom is -0.478 e. The van der Waals surface area contributed by atoms with E-state index >= 15 is 0 Å². The van der Waals surface area contributed by atoms with Crippen molar-refractivity contribution in [1.29, 1.82) is 0 Å². The molecule has 0 saturated heterocycles. The van der Waals surface area contributed by atoms with Crippen molar-refractivity contribution < 1.29 is 18.3 Å². The van der Waals surface area contributed by atoms with Crippen LogP contribution in [0.2, 0.25) is 10.0 Å². The molecule has 0 bridgehead atoms. The fourth-order valence-electron chi connectivity index (χ4n) is 1.35. The molecule has 0 aliphatic heterocycles. The van der Waals surface area contributed by atoms with Crippen LogP contribution < -0.4 is 0 Å². The lowest BCUT2D eigenvalue weighted by atomic mass is 10.2. The number of aromatic carboxylic acids is 1. The second-order valence-corrected chi connectivity index (χ2v) is 7.87. The number of hydrogen-bond acceptors (Lipinski definition) is 4. The van der Waals surface area contributed by atoms with Crippen molar-refractivity contribution in [3.05, 3.63) is 27.7 Å². The summed E-state index contributed by atoms with van der Waals surface area (Å²) < 4.78 is 24.2. The second kappa shape index (κ2) is 6.83. The maximum absolute atomic E-state index is 12.1. The van der Waals surface area contributed by atoms with Crippen LogP contribution in [0.15, 0.2) is 17.0 Å². The van der Waals surface area contributed by atoms with Crippen LogP contribution in [-0.4, -0.2) is 36.8 Å². The molecule has 0 aliphatic rings. The fourth-order valence-corrected chi connectivity index (χ4v) is 4.68. The van der Waals surface area contributed by atoms with Crippen molar-refractivity contribution >= 4 is 50.8 Å². The molecule has 8 heteroatoms. The van der Waals surface area contributed by atoms with Gasteiger partial charge in [-0.05, 0) is 17.9 Å². The molecule has 1 aromatic carbocycles. The summed E-state index contributed by atoms with van der Waals surface area (Å²) in [6.07, 6.45) is 0. The van der Waals surface area contributed by atoms with Crippen LogP contribution in [0.4, 0.5) is 0 Å². The van der Waals surface area contributed by atoms with Crippen molar-refractivity contribution in [3.63, 3.8) is 0 Å². The van der Waals surface area contributed by atoms with E-state index in [0.717, 1.165) is 17.9 Å². The lowest BCUT2D eigenvalue weighted by Crippen LogP contribution is -2.11. The summed E-state index contributed by atoms with van der Waals surface area (Å²) in [5.41, 5.74) is -0.271. The highest BCUT2D eigenvalue weighted by Crippen LogP contribution is 2.29. The van der Waals surface area contributed by atoms with Crippen LogP contribution in [0, 0.1) is 0 Å². The van der Waals surface area contributed by atoms with Crippen LogP contribution in [0.25, 0.3) is 0 Å². The Morgan fingerprint density at radius 2 is 1.95 bits per heavy atom. The van der Waals surface area contributed by atoms with Gasteiger partial charge in [0.15, 0.2) is 9.84 Å². The second-order valence-electron chi connectivity index (χ2n) is 3.58. The number of rotatable bonds is 6. The van der Waals surface area contributed by atoms with E-state index in [-0.39, 0.29) is 26.3 Å². The van der Waals surface area contributed by atoms with Crippen molar-refractivity contribution in [2.75, 3.05) is 17.3 Å². The summed E-state index contributed by atoms with van der Waals surface area (Å²) in [7, 11) is -3.61. The van der Waals surface area contributed by atoms with E-state index in [2.05, 4.69) is 0 Å². The number of carboxylic acids is 1. The van der Waals surface area contributed by atoms with Gasteiger partial charge in [0, 0.05) is 5.75 Å². The van der Waals surface area contributed by atoms with E-state index in [4.69, 9.17) is 28.3 Å². The molecule has 0 spiro atoms. The van der Waals surface area contributed by atoms with Crippen LogP contribution in [0.5, 0.6) is 0 Å².